The molecule has 26 heavy (non-hydrogen) atoms. The molecule has 0 bridgehead atoms. The molecule has 2 aromatic carbocycles. The molecular weight excluding hydrogens is 348 g/mol. The molecule has 140 valence electrons. The summed E-state index contributed by atoms with van der Waals surface area (Å²) in [5.74, 6) is -0.0930. The van der Waals surface area contributed by atoms with Gasteiger partial charge in [0.2, 0.25) is 15.9 Å². The van der Waals surface area contributed by atoms with Gasteiger partial charge in [0.1, 0.15) is 0 Å². The molecule has 1 N–H and O–H groups in total. The molecule has 5 nitrogen and oxygen atoms in total. The molecule has 0 aliphatic rings. The Bertz CT molecular complexity index is 803. The topological polar surface area (TPSA) is 66.5 Å². The summed E-state index contributed by atoms with van der Waals surface area (Å²) in [4.78, 5) is 12.3. The van der Waals surface area contributed by atoms with Crippen molar-refractivity contribution in [3.05, 3.63) is 60.2 Å². The number of benzene rings is 2. The van der Waals surface area contributed by atoms with Crippen LogP contribution in [0.15, 0.2) is 59.5 Å². The molecule has 0 aliphatic heterocycles. The van der Waals surface area contributed by atoms with Gasteiger partial charge in [-0.1, -0.05) is 43.7 Å². The number of aryl methyl sites for hydroxylation is 1. The van der Waals surface area contributed by atoms with Crippen LogP contribution in [0.5, 0.6) is 0 Å². The Morgan fingerprint density at radius 1 is 1.04 bits per heavy atom. The fourth-order valence-electron chi connectivity index (χ4n) is 2.52. The van der Waals surface area contributed by atoms with Crippen LogP contribution < -0.4 is 5.32 Å². The number of amides is 1. The molecular formula is C20H26N2O3S. The number of hydrogen-bond acceptors (Lipinski definition) is 3. The molecule has 0 saturated carbocycles. The molecule has 0 radical (unpaired) electrons. The lowest BCUT2D eigenvalue weighted by atomic mass is 10.1. The minimum atomic E-state index is -3.48. The summed E-state index contributed by atoms with van der Waals surface area (Å²) in [5.41, 5.74) is 1.71. The zero-order chi connectivity index (χ0) is 19.0. The minimum absolute atomic E-state index is 0.0930. The van der Waals surface area contributed by atoms with Gasteiger partial charge < -0.3 is 5.32 Å². The largest absolute Gasteiger partial charge is 0.326 e. The van der Waals surface area contributed by atoms with Gasteiger partial charge in [-0.25, -0.2) is 12.7 Å². The summed E-state index contributed by atoms with van der Waals surface area (Å²) in [6.07, 6.45) is 2.81. The fourth-order valence-corrected chi connectivity index (χ4v) is 3.73. The van der Waals surface area contributed by atoms with Crippen molar-refractivity contribution in [1.82, 2.24) is 4.31 Å². The molecule has 6 heteroatoms. The number of carbonyl (C=O) groups excluding carboxylic acids is 1. The predicted molar refractivity (Wildman–Crippen MR) is 105 cm³/mol. The van der Waals surface area contributed by atoms with E-state index < -0.39 is 10.0 Å². The molecule has 2 aromatic rings. The quantitative estimate of drug-likeness (QED) is 0.728. The summed E-state index contributed by atoms with van der Waals surface area (Å²) in [6.45, 7) is 2.52. The first-order valence-corrected chi connectivity index (χ1v) is 10.3. The standard InChI is InChI=1S/C20H26N2O3S/c1-3-4-16-22(2)26(24,25)19-13-11-18(12-14-19)21-20(23)15-10-17-8-6-5-7-9-17/h5-9,11-14H,3-4,10,15-16H2,1-2H3,(H,21,23). The Labute approximate surface area is 156 Å². The zero-order valence-corrected chi connectivity index (χ0v) is 16.1. The van der Waals surface area contributed by atoms with Gasteiger partial charge in [-0.05, 0) is 42.7 Å². The maximum Gasteiger partial charge on any atom is 0.242 e. The van der Waals surface area contributed by atoms with Crippen molar-refractivity contribution in [3.8, 4) is 0 Å². The number of carbonyl (C=O) groups is 1. The molecule has 1 amide bonds. The molecule has 0 heterocycles. The second-order valence-electron chi connectivity index (χ2n) is 6.24. The average molecular weight is 375 g/mol. The van der Waals surface area contributed by atoms with Crippen LogP contribution in [0.4, 0.5) is 5.69 Å². The summed E-state index contributed by atoms with van der Waals surface area (Å²) in [5, 5.41) is 2.81. The van der Waals surface area contributed by atoms with Crippen molar-refractivity contribution in [2.75, 3.05) is 18.9 Å². The van der Waals surface area contributed by atoms with Crippen LogP contribution in [-0.2, 0) is 21.2 Å². The lowest BCUT2D eigenvalue weighted by Crippen LogP contribution is -2.27. The number of unbranched alkanes of at least 4 members (excludes halogenated alkanes) is 1. The van der Waals surface area contributed by atoms with Gasteiger partial charge in [0, 0.05) is 25.7 Å². The van der Waals surface area contributed by atoms with E-state index in [2.05, 4.69) is 5.32 Å². The highest BCUT2D eigenvalue weighted by Gasteiger charge is 2.20. The number of rotatable bonds is 9. The smallest absolute Gasteiger partial charge is 0.242 e. The van der Waals surface area contributed by atoms with Crippen molar-refractivity contribution >= 4 is 21.6 Å². The van der Waals surface area contributed by atoms with E-state index in [-0.39, 0.29) is 10.8 Å². The van der Waals surface area contributed by atoms with Gasteiger partial charge >= 0.3 is 0 Å². The highest BCUT2D eigenvalue weighted by molar-refractivity contribution is 7.89. The third-order valence-corrected chi connectivity index (χ3v) is 6.03. The molecule has 0 atom stereocenters. The molecule has 2 rings (SSSR count). The van der Waals surface area contributed by atoms with Crippen molar-refractivity contribution in [2.45, 2.75) is 37.5 Å². The van der Waals surface area contributed by atoms with Crippen molar-refractivity contribution in [3.63, 3.8) is 0 Å². The maximum atomic E-state index is 12.5. The van der Waals surface area contributed by atoms with Crippen LogP contribution in [0.1, 0.15) is 31.7 Å². The van der Waals surface area contributed by atoms with Gasteiger partial charge in [-0.2, -0.15) is 0 Å². The lowest BCUT2D eigenvalue weighted by Gasteiger charge is -2.17. The van der Waals surface area contributed by atoms with E-state index in [1.165, 1.54) is 16.4 Å². The van der Waals surface area contributed by atoms with Crippen LogP contribution in [0, 0.1) is 0 Å². The first-order valence-electron chi connectivity index (χ1n) is 8.83. The van der Waals surface area contributed by atoms with E-state index in [1.807, 2.05) is 37.3 Å². The van der Waals surface area contributed by atoms with Gasteiger partial charge in [-0.3, -0.25) is 4.79 Å². The minimum Gasteiger partial charge on any atom is -0.326 e. The van der Waals surface area contributed by atoms with Crippen LogP contribution in [0.2, 0.25) is 0 Å². The van der Waals surface area contributed by atoms with Crippen molar-refractivity contribution < 1.29 is 13.2 Å². The normalized spacial score (nSPS) is 11.5. The summed E-state index contributed by atoms with van der Waals surface area (Å²) < 4.78 is 26.3. The molecule has 0 fully saturated rings. The van der Waals surface area contributed by atoms with E-state index in [0.29, 0.717) is 25.1 Å². The van der Waals surface area contributed by atoms with E-state index in [4.69, 9.17) is 0 Å². The Morgan fingerprint density at radius 2 is 1.69 bits per heavy atom. The second kappa shape index (κ2) is 9.50. The summed E-state index contributed by atoms with van der Waals surface area (Å²) in [6, 6.07) is 16.1. The zero-order valence-electron chi connectivity index (χ0n) is 15.3. The number of anilines is 1. The second-order valence-corrected chi connectivity index (χ2v) is 8.28. The predicted octanol–water partition coefficient (Wildman–Crippen LogP) is 3.68. The molecule has 0 aromatic heterocycles. The van der Waals surface area contributed by atoms with E-state index >= 15 is 0 Å². The maximum absolute atomic E-state index is 12.5. The average Bonchev–Trinajstić information content (AvgIpc) is 2.65. The number of nitrogens with zero attached hydrogens (tertiary/aromatic N) is 1. The Kier molecular flexibility index (Phi) is 7.36. The fraction of sp³-hybridized carbons (Fsp3) is 0.350. The number of sulfonamides is 1. The van der Waals surface area contributed by atoms with Crippen LogP contribution in [-0.4, -0.2) is 32.2 Å². The summed E-state index contributed by atoms with van der Waals surface area (Å²) >= 11 is 0. The van der Waals surface area contributed by atoms with Crippen LogP contribution in [0.3, 0.4) is 0 Å². The Morgan fingerprint density at radius 3 is 2.31 bits per heavy atom. The lowest BCUT2D eigenvalue weighted by molar-refractivity contribution is -0.116. The van der Waals surface area contributed by atoms with Crippen molar-refractivity contribution in [2.24, 2.45) is 0 Å². The number of hydrogen-bond donors (Lipinski definition) is 1. The van der Waals surface area contributed by atoms with Gasteiger partial charge in [0.25, 0.3) is 0 Å². The highest BCUT2D eigenvalue weighted by Crippen LogP contribution is 2.18. The third kappa shape index (κ3) is 5.68. The van der Waals surface area contributed by atoms with Gasteiger partial charge in [-0.15, -0.1) is 0 Å². The molecule has 0 saturated heterocycles. The van der Waals surface area contributed by atoms with Crippen molar-refractivity contribution in [1.29, 1.82) is 0 Å². The van der Waals surface area contributed by atoms with E-state index in [1.54, 1.807) is 19.2 Å². The molecule has 0 spiro atoms. The first kappa shape index (κ1) is 20.1. The van der Waals surface area contributed by atoms with Gasteiger partial charge in [0.15, 0.2) is 0 Å². The van der Waals surface area contributed by atoms with Crippen LogP contribution >= 0.6 is 0 Å². The molecule has 0 aliphatic carbocycles. The van der Waals surface area contributed by atoms with Gasteiger partial charge in [0.05, 0.1) is 4.90 Å². The highest BCUT2D eigenvalue weighted by atomic mass is 32.2. The summed E-state index contributed by atoms with van der Waals surface area (Å²) in [7, 11) is -1.89. The Balaban J connectivity index is 1.93. The Hall–Kier alpha value is -2.18. The monoisotopic (exact) mass is 374 g/mol. The third-order valence-electron chi connectivity index (χ3n) is 4.16. The first-order chi connectivity index (χ1) is 12.4. The number of nitrogens with one attached hydrogen (secondary N) is 1. The van der Waals surface area contributed by atoms with E-state index in [0.717, 1.165) is 18.4 Å². The van der Waals surface area contributed by atoms with Crippen LogP contribution in [0.25, 0.3) is 0 Å². The molecule has 0 unspecified atom stereocenters. The van der Waals surface area contributed by atoms with E-state index in [9.17, 15) is 13.2 Å². The SMILES string of the molecule is CCCCN(C)S(=O)(=O)c1ccc(NC(=O)CCc2ccccc2)cc1.